The molecule has 0 aliphatic heterocycles. The lowest BCUT2D eigenvalue weighted by atomic mass is 9.48. The number of hydrogen-bond donors (Lipinski definition) is 0. The summed E-state index contributed by atoms with van der Waals surface area (Å²) in [6.45, 7) is 4.34. The van der Waals surface area contributed by atoms with Gasteiger partial charge in [-0.2, -0.15) is 0 Å². The van der Waals surface area contributed by atoms with Crippen LogP contribution in [-0.4, -0.2) is 13.1 Å². The second kappa shape index (κ2) is 5.78. The van der Waals surface area contributed by atoms with Crippen LogP contribution in [-0.2, 0) is 9.53 Å². The molecule has 0 atom stereocenters. The Morgan fingerprint density at radius 1 is 1.00 bits per heavy atom. The summed E-state index contributed by atoms with van der Waals surface area (Å²) < 4.78 is 5.11. The van der Waals surface area contributed by atoms with Crippen LogP contribution in [0.5, 0.6) is 0 Å². The van der Waals surface area contributed by atoms with E-state index in [0.29, 0.717) is 5.41 Å². The predicted octanol–water partition coefficient (Wildman–Crippen LogP) is 4.88. The summed E-state index contributed by atoms with van der Waals surface area (Å²) in [7, 11) is 1.53. The Morgan fingerprint density at radius 3 is 1.86 bits per heavy atom. The van der Waals surface area contributed by atoms with Crippen molar-refractivity contribution in [1.82, 2.24) is 0 Å². The normalized spacial score (nSPS) is 36.6. The Bertz CT molecular complexity index is 405. The van der Waals surface area contributed by atoms with Gasteiger partial charge in [-0.15, -0.1) is 0 Å². The van der Waals surface area contributed by atoms with Crippen molar-refractivity contribution < 1.29 is 9.53 Å². The van der Waals surface area contributed by atoms with Gasteiger partial charge in [-0.1, -0.05) is 19.4 Å². The van der Waals surface area contributed by atoms with Crippen LogP contribution >= 0.6 is 0 Å². The first kappa shape index (κ1) is 15.1. The Labute approximate surface area is 129 Å². The fourth-order valence-corrected chi connectivity index (χ4v) is 6.02. The molecule has 0 heterocycles. The minimum absolute atomic E-state index is 0.0653. The zero-order chi connectivity index (χ0) is 15.0. The van der Waals surface area contributed by atoms with E-state index in [0.717, 1.165) is 42.6 Å². The van der Waals surface area contributed by atoms with Gasteiger partial charge in [-0.25, -0.2) is 4.79 Å². The van der Waals surface area contributed by atoms with Gasteiger partial charge in [0.15, 0.2) is 0 Å². The second-order valence-electron chi connectivity index (χ2n) is 7.88. The zero-order valence-electron chi connectivity index (χ0n) is 13.9. The lowest BCUT2D eigenvalue weighted by Gasteiger charge is -2.57. The maximum Gasteiger partial charge on any atom is 0.333 e. The van der Waals surface area contributed by atoms with Crippen molar-refractivity contribution in [3.8, 4) is 0 Å². The van der Waals surface area contributed by atoms with Crippen LogP contribution in [0.2, 0.25) is 0 Å². The third-order valence-electron chi connectivity index (χ3n) is 6.43. The third-order valence-corrected chi connectivity index (χ3v) is 6.43. The van der Waals surface area contributed by atoms with Crippen LogP contribution in [0.1, 0.15) is 71.6 Å². The van der Waals surface area contributed by atoms with Crippen molar-refractivity contribution in [3.05, 3.63) is 11.1 Å². The van der Waals surface area contributed by atoms with Gasteiger partial charge in [0.1, 0.15) is 0 Å². The van der Waals surface area contributed by atoms with E-state index in [1.165, 1.54) is 51.2 Å². The quantitative estimate of drug-likeness (QED) is 0.532. The average molecular weight is 290 g/mol. The number of allylic oxidation sites excluding steroid dienone is 1. The molecule has 0 aromatic carbocycles. The van der Waals surface area contributed by atoms with E-state index in [1.807, 2.05) is 0 Å². The molecule has 4 aliphatic carbocycles. The number of carbonyl (C=O) groups excluding carboxylic acids is 1. The van der Waals surface area contributed by atoms with Crippen LogP contribution in [0.25, 0.3) is 0 Å². The summed E-state index contributed by atoms with van der Waals surface area (Å²) in [5.41, 5.74) is 2.76. The number of hydrogen-bond acceptors (Lipinski definition) is 2. The molecule has 0 radical (unpaired) electrons. The molecular weight excluding hydrogens is 260 g/mol. The largest absolute Gasteiger partial charge is 0.466 e. The standard InChI is InChI=1S/C19H30O2/c1-4-16(5-2)17(18(20)21-3)12-19-9-13-6-14(10-19)8-15(7-13)11-19/h13-15H,4-12H2,1-3H3. The molecular formula is C19H30O2. The third kappa shape index (κ3) is 2.78. The summed E-state index contributed by atoms with van der Waals surface area (Å²) in [5.74, 6) is 2.77. The van der Waals surface area contributed by atoms with Gasteiger partial charge in [-0.05, 0) is 81.0 Å². The monoisotopic (exact) mass is 290 g/mol. The summed E-state index contributed by atoms with van der Waals surface area (Å²) in [6.07, 6.45) is 11.4. The van der Waals surface area contributed by atoms with Gasteiger partial charge < -0.3 is 4.74 Å². The van der Waals surface area contributed by atoms with Crippen molar-refractivity contribution in [2.45, 2.75) is 71.6 Å². The molecule has 118 valence electrons. The molecule has 2 nitrogen and oxygen atoms in total. The van der Waals surface area contributed by atoms with Gasteiger partial charge >= 0.3 is 5.97 Å². The lowest BCUT2D eigenvalue weighted by molar-refractivity contribution is -0.137. The maximum absolute atomic E-state index is 12.3. The van der Waals surface area contributed by atoms with E-state index in [2.05, 4.69) is 13.8 Å². The van der Waals surface area contributed by atoms with E-state index >= 15 is 0 Å². The molecule has 4 saturated carbocycles. The van der Waals surface area contributed by atoms with Crippen LogP contribution in [0.3, 0.4) is 0 Å². The Morgan fingerprint density at radius 2 is 1.48 bits per heavy atom. The first-order valence-corrected chi connectivity index (χ1v) is 8.88. The van der Waals surface area contributed by atoms with Crippen LogP contribution < -0.4 is 0 Å². The number of ether oxygens (including phenoxy) is 1. The molecule has 0 aromatic rings. The zero-order valence-corrected chi connectivity index (χ0v) is 13.9. The predicted molar refractivity (Wildman–Crippen MR) is 84.8 cm³/mol. The van der Waals surface area contributed by atoms with E-state index in [1.54, 1.807) is 0 Å². The highest BCUT2D eigenvalue weighted by molar-refractivity contribution is 5.89. The Hall–Kier alpha value is -0.790. The van der Waals surface area contributed by atoms with Crippen LogP contribution in [0, 0.1) is 23.2 Å². The fraction of sp³-hybridized carbons (Fsp3) is 0.842. The van der Waals surface area contributed by atoms with E-state index in [4.69, 9.17) is 4.74 Å². The Kier molecular flexibility index (Phi) is 4.16. The summed E-state index contributed by atoms with van der Waals surface area (Å²) in [6, 6.07) is 0. The highest BCUT2D eigenvalue weighted by Gasteiger charge is 2.51. The molecule has 4 fully saturated rings. The van der Waals surface area contributed by atoms with E-state index in [-0.39, 0.29) is 5.97 Å². The first-order valence-electron chi connectivity index (χ1n) is 8.88. The van der Waals surface area contributed by atoms with Gasteiger partial charge in [-0.3, -0.25) is 0 Å². The molecule has 4 bridgehead atoms. The van der Waals surface area contributed by atoms with Gasteiger partial charge in [0.25, 0.3) is 0 Å². The smallest absolute Gasteiger partial charge is 0.333 e. The molecule has 0 amide bonds. The minimum Gasteiger partial charge on any atom is -0.466 e. The molecule has 0 unspecified atom stereocenters. The summed E-state index contributed by atoms with van der Waals surface area (Å²) in [4.78, 5) is 12.3. The van der Waals surface area contributed by atoms with Crippen molar-refractivity contribution in [2.24, 2.45) is 23.2 Å². The van der Waals surface area contributed by atoms with Crippen molar-refractivity contribution in [2.75, 3.05) is 7.11 Å². The lowest BCUT2D eigenvalue weighted by Crippen LogP contribution is -2.46. The van der Waals surface area contributed by atoms with Crippen molar-refractivity contribution >= 4 is 5.97 Å². The second-order valence-corrected chi connectivity index (χ2v) is 7.88. The van der Waals surface area contributed by atoms with Crippen LogP contribution in [0.4, 0.5) is 0 Å². The number of rotatable bonds is 5. The number of methoxy groups -OCH3 is 1. The van der Waals surface area contributed by atoms with Crippen molar-refractivity contribution in [1.29, 1.82) is 0 Å². The van der Waals surface area contributed by atoms with Gasteiger partial charge in [0.05, 0.1) is 7.11 Å². The topological polar surface area (TPSA) is 26.3 Å². The molecule has 0 saturated heterocycles. The van der Waals surface area contributed by atoms with E-state index < -0.39 is 0 Å². The fourth-order valence-electron chi connectivity index (χ4n) is 6.02. The average Bonchev–Trinajstić information content (AvgIpc) is 2.45. The molecule has 0 N–H and O–H groups in total. The molecule has 0 spiro atoms. The first-order chi connectivity index (χ1) is 10.1. The number of esters is 1. The highest BCUT2D eigenvalue weighted by Crippen LogP contribution is 2.62. The highest BCUT2D eigenvalue weighted by atomic mass is 16.5. The summed E-state index contributed by atoms with van der Waals surface area (Å²) >= 11 is 0. The van der Waals surface area contributed by atoms with Gasteiger partial charge in [0.2, 0.25) is 0 Å². The maximum atomic E-state index is 12.3. The number of carbonyl (C=O) groups is 1. The molecule has 2 heteroatoms. The SMILES string of the molecule is CCC(CC)=C(CC12CC3CC(CC(C3)C1)C2)C(=O)OC. The van der Waals surface area contributed by atoms with E-state index in [9.17, 15) is 4.79 Å². The molecule has 4 rings (SSSR count). The van der Waals surface area contributed by atoms with Gasteiger partial charge in [0, 0.05) is 5.57 Å². The molecule has 21 heavy (non-hydrogen) atoms. The molecule has 4 aliphatic rings. The summed E-state index contributed by atoms with van der Waals surface area (Å²) in [5, 5.41) is 0. The van der Waals surface area contributed by atoms with Crippen LogP contribution in [0.15, 0.2) is 11.1 Å². The minimum atomic E-state index is -0.0653. The van der Waals surface area contributed by atoms with Crippen molar-refractivity contribution in [3.63, 3.8) is 0 Å². The Balaban J connectivity index is 1.86. The molecule has 0 aromatic heterocycles.